The number of carbonyl (C=O) groups excluding carboxylic acids is 1. The van der Waals surface area contributed by atoms with Crippen LogP contribution in [0.25, 0.3) is 28.0 Å². The number of hydrogen-bond donors (Lipinski definition) is 0. The quantitative estimate of drug-likeness (QED) is 0.420. The fourth-order valence-electron chi connectivity index (χ4n) is 4.50. The monoisotopic (exact) mass is 372 g/mol. The molecule has 0 amide bonds. The lowest BCUT2D eigenvalue weighted by Gasteiger charge is -2.09. The van der Waals surface area contributed by atoms with Gasteiger partial charge in [0.05, 0.1) is 11.4 Å². The molecule has 5 rings (SSSR count). The first-order valence-electron chi connectivity index (χ1n) is 9.74. The van der Waals surface area contributed by atoms with Crippen LogP contribution in [0.1, 0.15) is 35.8 Å². The van der Waals surface area contributed by atoms with Crippen molar-refractivity contribution in [3.05, 3.63) is 77.9 Å². The number of halogens is 1. The summed E-state index contributed by atoms with van der Waals surface area (Å²) in [6, 6.07) is 16.8. The summed E-state index contributed by atoms with van der Waals surface area (Å²) in [5.41, 5.74) is 7.21. The number of hydrogen-bond acceptors (Lipinski definition) is 1. The molecular weight excluding hydrogens is 351 g/mol. The molecule has 0 aliphatic carbocycles. The molecule has 0 bridgehead atoms. The van der Waals surface area contributed by atoms with Gasteiger partial charge >= 0.3 is 0 Å². The fraction of sp³-hybridized carbons (Fsp3) is 0.208. The van der Waals surface area contributed by atoms with Gasteiger partial charge in [0.15, 0.2) is 5.78 Å². The average molecular weight is 372 g/mol. The minimum absolute atomic E-state index is 0.0588. The summed E-state index contributed by atoms with van der Waals surface area (Å²) in [6.07, 6.45) is 5.16. The molecule has 1 aliphatic heterocycles. The molecule has 2 aromatic carbocycles. The van der Waals surface area contributed by atoms with E-state index in [2.05, 4.69) is 21.1 Å². The van der Waals surface area contributed by atoms with E-state index in [0.717, 1.165) is 59.5 Å². The number of carbonyl (C=O) groups is 1. The third-order valence-corrected chi connectivity index (χ3v) is 5.67. The standard InChI is InChI=1S/C24H21FN2O/c1-16(28)23-22(18-7-3-2-4-8-18)20-9-5-6-14-26-21(15-27(23)24(20)26)17-10-12-19(25)13-11-17/h2-4,7-8,10-13,15H,5-6,9,14H2,1H3. The van der Waals surface area contributed by atoms with Crippen LogP contribution in [0.4, 0.5) is 4.39 Å². The SMILES string of the molecule is CC(=O)c1c(-c2ccccc2)c2c3n(c(-c4ccc(F)cc4)cn13)CCCC2. The van der Waals surface area contributed by atoms with Crippen molar-refractivity contribution in [3.63, 3.8) is 0 Å². The van der Waals surface area contributed by atoms with E-state index in [1.807, 2.05) is 36.5 Å². The highest BCUT2D eigenvalue weighted by Crippen LogP contribution is 2.39. The summed E-state index contributed by atoms with van der Waals surface area (Å²) in [4.78, 5) is 12.7. The summed E-state index contributed by atoms with van der Waals surface area (Å²) in [7, 11) is 0. The van der Waals surface area contributed by atoms with Gasteiger partial charge in [-0.1, -0.05) is 30.3 Å². The molecule has 4 heteroatoms. The van der Waals surface area contributed by atoms with E-state index >= 15 is 0 Å². The van der Waals surface area contributed by atoms with Gasteiger partial charge in [0.1, 0.15) is 11.5 Å². The van der Waals surface area contributed by atoms with Crippen LogP contribution in [0.15, 0.2) is 60.8 Å². The average Bonchev–Trinajstić information content (AvgIpc) is 3.12. The molecule has 0 fully saturated rings. The minimum atomic E-state index is -0.241. The van der Waals surface area contributed by atoms with Gasteiger partial charge in [-0.05, 0) is 54.7 Å². The zero-order valence-electron chi connectivity index (χ0n) is 15.8. The van der Waals surface area contributed by atoms with Gasteiger partial charge < -0.3 is 4.57 Å². The number of aryl methyl sites for hydroxylation is 2. The maximum Gasteiger partial charge on any atom is 0.177 e. The Morgan fingerprint density at radius 2 is 1.71 bits per heavy atom. The highest BCUT2D eigenvalue weighted by Gasteiger charge is 2.27. The third kappa shape index (κ3) is 2.52. The van der Waals surface area contributed by atoms with E-state index < -0.39 is 0 Å². The zero-order chi connectivity index (χ0) is 19.3. The van der Waals surface area contributed by atoms with Crippen molar-refractivity contribution in [1.82, 2.24) is 8.97 Å². The smallest absolute Gasteiger partial charge is 0.177 e. The second kappa shape index (κ2) is 6.48. The number of Topliss-reactive ketones (excluding diaryl/α,β-unsaturated/α-hetero) is 1. The van der Waals surface area contributed by atoms with Crippen LogP contribution in [-0.2, 0) is 13.0 Å². The maximum absolute atomic E-state index is 13.4. The molecule has 1 aliphatic rings. The first-order valence-corrected chi connectivity index (χ1v) is 9.74. The summed E-state index contributed by atoms with van der Waals surface area (Å²) in [5.74, 6) is -0.183. The molecule has 0 saturated heterocycles. The maximum atomic E-state index is 13.4. The Bertz CT molecular complexity index is 1180. The molecule has 0 radical (unpaired) electrons. The normalized spacial score (nSPS) is 13.6. The van der Waals surface area contributed by atoms with Gasteiger partial charge in [0.2, 0.25) is 0 Å². The highest BCUT2D eigenvalue weighted by molar-refractivity contribution is 6.03. The van der Waals surface area contributed by atoms with Crippen LogP contribution in [-0.4, -0.2) is 14.8 Å². The molecule has 4 aromatic rings. The van der Waals surface area contributed by atoms with Crippen LogP contribution in [0.3, 0.4) is 0 Å². The molecule has 0 atom stereocenters. The number of nitrogens with zero attached hydrogens (tertiary/aromatic N) is 2. The lowest BCUT2D eigenvalue weighted by molar-refractivity contribution is 0.101. The molecule has 0 unspecified atom stereocenters. The Morgan fingerprint density at radius 1 is 0.964 bits per heavy atom. The van der Waals surface area contributed by atoms with E-state index in [-0.39, 0.29) is 11.6 Å². The Balaban J connectivity index is 1.86. The number of benzene rings is 2. The van der Waals surface area contributed by atoms with Gasteiger partial charge in [0, 0.05) is 30.8 Å². The third-order valence-electron chi connectivity index (χ3n) is 5.67. The Morgan fingerprint density at radius 3 is 2.43 bits per heavy atom. The lowest BCUT2D eigenvalue weighted by atomic mass is 9.97. The predicted molar refractivity (Wildman–Crippen MR) is 109 cm³/mol. The van der Waals surface area contributed by atoms with Crippen molar-refractivity contribution >= 4 is 11.4 Å². The fourth-order valence-corrected chi connectivity index (χ4v) is 4.50. The second-order valence-electron chi connectivity index (χ2n) is 7.45. The van der Waals surface area contributed by atoms with Crippen LogP contribution in [0.2, 0.25) is 0 Å². The first kappa shape index (κ1) is 17.0. The van der Waals surface area contributed by atoms with Gasteiger partial charge in [0.25, 0.3) is 0 Å². The Hall–Kier alpha value is -3.14. The van der Waals surface area contributed by atoms with Crippen LogP contribution < -0.4 is 0 Å². The number of imidazole rings is 1. The van der Waals surface area contributed by atoms with Gasteiger partial charge in [-0.15, -0.1) is 0 Å². The molecule has 3 heterocycles. The van der Waals surface area contributed by atoms with E-state index in [1.165, 1.54) is 17.7 Å². The summed E-state index contributed by atoms with van der Waals surface area (Å²) >= 11 is 0. The van der Waals surface area contributed by atoms with Crippen molar-refractivity contribution in [2.45, 2.75) is 32.7 Å². The number of ketones is 1. The molecule has 0 saturated carbocycles. The minimum Gasteiger partial charge on any atom is -0.325 e. The highest BCUT2D eigenvalue weighted by atomic mass is 19.1. The molecule has 0 spiro atoms. The Labute approximate surface area is 163 Å². The van der Waals surface area contributed by atoms with E-state index in [9.17, 15) is 9.18 Å². The van der Waals surface area contributed by atoms with Gasteiger partial charge in [-0.2, -0.15) is 0 Å². The molecule has 140 valence electrons. The van der Waals surface area contributed by atoms with Crippen molar-refractivity contribution in [2.24, 2.45) is 0 Å². The van der Waals surface area contributed by atoms with Crippen molar-refractivity contribution in [3.8, 4) is 22.4 Å². The van der Waals surface area contributed by atoms with E-state index in [4.69, 9.17) is 0 Å². The topological polar surface area (TPSA) is 26.4 Å². The van der Waals surface area contributed by atoms with Crippen molar-refractivity contribution < 1.29 is 9.18 Å². The van der Waals surface area contributed by atoms with Crippen LogP contribution >= 0.6 is 0 Å². The predicted octanol–water partition coefficient (Wildman–Crippen LogP) is 5.75. The van der Waals surface area contributed by atoms with E-state index in [0.29, 0.717) is 0 Å². The molecular formula is C24H21FN2O. The molecule has 3 nitrogen and oxygen atoms in total. The summed E-state index contributed by atoms with van der Waals surface area (Å²) in [6.45, 7) is 2.53. The number of rotatable bonds is 3. The second-order valence-corrected chi connectivity index (χ2v) is 7.45. The lowest BCUT2D eigenvalue weighted by Crippen LogP contribution is -2.00. The molecule has 28 heavy (non-hydrogen) atoms. The zero-order valence-corrected chi connectivity index (χ0v) is 15.8. The van der Waals surface area contributed by atoms with E-state index in [1.54, 1.807) is 6.92 Å². The van der Waals surface area contributed by atoms with Crippen molar-refractivity contribution in [2.75, 3.05) is 0 Å². The Kier molecular flexibility index (Phi) is 3.93. The van der Waals surface area contributed by atoms with Crippen LogP contribution in [0.5, 0.6) is 0 Å². The van der Waals surface area contributed by atoms with Gasteiger partial charge in [-0.3, -0.25) is 9.20 Å². The van der Waals surface area contributed by atoms with Crippen molar-refractivity contribution in [1.29, 1.82) is 0 Å². The summed E-state index contributed by atoms with van der Waals surface area (Å²) < 4.78 is 17.8. The summed E-state index contributed by atoms with van der Waals surface area (Å²) in [5, 5.41) is 0. The van der Waals surface area contributed by atoms with Gasteiger partial charge in [-0.25, -0.2) is 4.39 Å². The van der Waals surface area contributed by atoms with Crippen LogP contribution in [0, 0.1) is 5.82 Å². The molecule has 0 N–H and O–H groups in total. The largest absolute Gasteiger partial charge is 0.325 e. The first-order chi connectivity index (χ1) is 13.6. The number of aromatic nitrogens is 2. The molecule has 2 aromatic heterocycles.